The molecule has 1 nitrogen and oxygen atoms in total. The van der Waals surface area contributed by atoms with Gasteiger partial charge in [0.2, 0.25) is 0 Å². The van der Waals surface area contributed by atoms with Crippen LogP contribution in [0.2, 0.25) is 9.36 Å². The van der Waals surface area contributed by atoms with Gasteiger partial charge in [-0.05, 0) is 30.2 Å². The lowest BCUT2D eigenvalue weighted by Gasteiger charge is -2.09. The molecular weight excluding hydrogens is 275 g/mol. The van der Waals surface area contributed by atoms with Crippen molar-refractivity contribution in [3.8, 4) is 0 Å². The van der Waals surface area contributed by atoms with Crippen LogP contribution in [0.3, 0.4) is 0 Å². The summed E-state index contributed by atoms with van der Waals surface area (Å²) >= 11 is 13.5. The molecule has 90 valence electrons. The number of aryl methyl sites for hydroxylation is 1. The third-order valence-electron chi connectivity index (χ3n) is 2.58. The fourth-order valence-corrected chi connectivity index (χ4v) is 3.04. The molecule has 0 aliphatic carbocycles. The van der Waals surface area contributed by atoms with Crippen LogP contribution in [0.25, 0.3) is 0 Å². The Bertz CT molecular complexity index is 502. The normalized spacial score (nSPS) is 12.7. The van der Waals surface area contributed by atoms with Gasteiger partial charge in [-0.25, -0.2) is 0 Å². The van der Waals surface area contributed by atoms with Gasteiger partial charge in [-0.2, -0.15) is 0 Å². The Morgan fingerprint density at radius 3 is 2.59 bits per heavy atom. The lowest BCUT2D eigenvalue weighted by molar-refractivity contribution is 0.182. The molecule has 0 bridgehead atoms. The summed E-state index contributed by atoms with van der Waals surface area (Å²) in [4.78, 5) is 0.882. The van der Waals surface area contributed by atoms with Crippen molar-refractivity contribution in [1.82, 2.24) is 0 Å². The lowest BCUT2D eigenvalue weighted by Crippen LogP contribution is -1.99. The van der Waals surface area contributed by atoms with E-state index in [1.165, 1.54) is 11.3 Å². The molecule has 0 aliphatic heterocycles. The summed E-state index contributed by atoms with van der Waals surface area (Å²) in [5.74, 6) is 0. The molecule has 0 amide bonds. The Kier molecular flexibility index (Phi) is 4.10. The molecule has 0 radical (unpaired) electrons. The van der Waals surface area contributed by atoms with Crippen LogP contribution in [-0.4, -0.2) is 5.11 Å². The smallest absolute Gasteiger partial charge is 0.0961 e. The van der Waals surface area contributed by atoms with E-state index in [-0.39, 0.29) is 0 Å². The molecule has 0 aliphatic rings. The van der Waals surface area contributed by atoms with Gasteiger partial charge < -0.3 is 5.11 Å². The summed E-state index contributed by atoms with van der Waals surface area (Å²) in [6.45, 7) is 1.94. The minimum absolute atomic E-state index is 0.510. The third-order valence-corrected chi connectivity index (χ3v) is 4.60. The van der Waals surface area contributed by atoms with Crippen LogP contribution in [0.4, 0.5) is 0 Å². The van der Waals surface area contributed by atoms with Gasteiger partial charge in [0.15, 0.2) is 0 Å². The second-order valence-electron chi connectivity index (χ2n) is 3.92. The molecule has 1 aromatic heterocycles. The van der Waals surface area contributed by atoms with E-state index in [9.17, 15) is 5.11 Å². The molecule has 0 spiro atoms. The zero-order valence-electron chi connectivity index (χ0n) is 9.28. The first kappa shape index (κ1) is 12.9. The molecule has 2 aromatic rings. The Balaban J connectivity index is 2.17. The van der Waals surface area contributed by atoms with Crippen LogP contribution >= 0.6 is 34.5 Å². The van der Waals surface area contributed by atoms with Gasteiger partial charge in [0.1, 0.15) is 0 Å². The average molecular weight is 287 g/mol. The van der Waals surface area contributed by atoms with Crippen LogP contribution in [-0.2, 0) is 6.42 Å². The van der Waals surface area contributed by atoms with E-state index in [0.717, 1.165) is 20.3 Å². The first-order valence-corrected chi connectivity index (χ1v) is 6.82. The van der Waals surface area contributed by atoms with E-state index in [2.05, 4.69) is 0 Å². The molecule has 1 N–H and O–H groups in total. The van der Waals surface area contributed by atoms with Crippen molar-refractivity contribution in [1.29, 1.82) is 0 Å². The highest BCUT2D eigenvalue weighted by Crippen LogP contribution is 2.33. The molecule has 2 rings (SSSR count). The minimum atomic E-state index is -0.550. The Labute approximate surface area is 115 Å². The van der Waals surface area contributed by atoms with Gasteiger partial charge in [-0.3, -0.25) is 0 Å². The summed E-state index contributed by atoms with van der Waals surface area (Å²) in [5, 5.41) is 10.8. The fourth-order valence-electron chi connectivity index (χ4n) is 1.62. The number of aliphatic hydroxyl groups excluding tert-OH is 1. The molecule has 0 saturated carbocycles. The molecular formula is C13H12Cl2OS. The largest absolute Gasteiger partial charge is 0.387 e. The minimum Gasteiger partial charge on any atom is -0.387 e. The molecule has 1 heterocycles. The van der Waals surface area contributed by atoms with E-state index in [0.29, 0.717) is 11.4 Å². The van der Waals surface area contributed by atoms with E-state index in [1.54, 1.807) is 0 Å². The van der Waals surface area contributed by atoms with Crippen LogP contribution in [0.15, 0.2) is 30.3 Å². The molecule has 0 saturated heterocycles. The molecule has 1 atom stereocenters. The number of halogens is 2. The Morgan fingerprint density at radius 2 is 2.00 bits per heavy atom. The third kappa shape index (κ3) is 3.02. The van der Waals surface area contributed by atoms with Crippen molar-refractivity contribution in [2.45, 2.75) is 19.4 Å². The molecule has 1 aromatic carbocycles. The van der Waals surface area contributed by atoms with Gasteiger partial charge in [0, 0.05) is 16.3 Å². The standard InChI is InChI=1S/C13H12Cl2OS/c1-8-6-12(17-13(8)15)11(16)7-9-4-2-3-5-10(9)14/h2-6,11,16H,7H2,1H3. The maximum absolute atomic E-state index is 10.1. The summed E-state index contributed by atoms with van der Waals surface area (Å²) < 4.78 is 0.734. The SMILES string of the molecule is Cc1cc(C(O)Cc2ccccc2Cl)sc1Cl. The molecule has 1 unspecified atom stereocenters. The van der Waals surface area contributed by atoms with Crippen molar-refractivity contribution in [2.24, 2.45) is 0 Å². The van der Waals surface area contributed by atoms with Crippen molar-refractivity contribution < 1.29 is 5.11 Å². The van der Waals surface area contributed by atoms with E-state index >= 15 is 0 Å². The van der Waals surface area contributed by atoms with Crippen molar-refractivity contribution >= 4 is 34.5 Å². The second kappa shape index (κ2) is 5.40. The lowest BCUT2D eigenvalue weighted by atomic mass is 10.1. The highest BCUT2D eigenvalue weighted by atomic mass is 35.5. The van der Waals surface area contributed by atoms with Crippen LogP contribution in [0.1, 0.15) is 22.1 Å². The van der Waals surface area contributed by atoms with Crippen molar-refractivity contribution in [3.05, 3.63) is 55.7 Å². The molecule has 4 heteroatoms. The maximum atomic E-state index is 10.1. The van der Waals surface area contributed by atoms with Crippen molar-refractivity contribution in [2.75, 3.05) is 0 Å². The molecule has 17 heavy (non-hydrogen) atoms. The van der Waals surface area contributed by atoms with E-state index < -0.39 is 6.10 Å². The zero-order chi connectivity index (χ0) is 12.4. The van der Waals surface area contributed by atoms with E-state index in [1.807, 2.05) is 37.3 Å². The topological polar surface area (TPSA) is 20.2 Å². The number of aliphatic hydroxyl groups is 1. The predicted octanol–water partition coefficient (Wildman–Crippen LogP) is 4.64. The molecule has 0 fully saturated rings. The first-order chi connectivity index (χ1) is 8.08. The summed E-state index contributed by atoms with van der Waals surface area (Å²) in [5.41, 5.74) is 1.95. The number of rotatable bonds is 3. The predicted molar refractivity (Wildman–Crippen MR) is 74.2 cm³/mol. The van der Waals surface area contributed by atoms with Crippen LogP contribution in [0, 0.1) is 6.92 Å². The van der Waals surface area contributed by atoms with Crippen molar-refractivity contribution in [3.63, 3.8) is 0 Å². The summed E-state index contributed by atoms with van der Waals surface area (Å²) in [6.07, 6.45) is -0.0400. The van der Waals surface area contributed by atoms with Gasteiger partial charge in [-0.1, -0.05) is 41.4 Å². The number of benzene rings is 1. The number of hydrogen-bond acceptors (Lipinski definition) is 2. The maximum Gasteiger partial charge on any atom is 0.0961 e. The van der Waals surface area contributed by atoms with Crippen LogP contribution < -0.4 is 0 Å². The van der Waals surface area contributed by atoms with Gasteiger partial charge >= 0.3 is 0 Å². The average Bonchev–Trinajstić information content (AvgIpc) is 2.63. The Morgan fingerprint density at radius 1 is 1.29 bits per heavy atom. The Hall–Kier alpha value is -0.540. The quantitative estimate of drug-likeness (QED) is 0.872. The highest BCUT2D eigenvalue weighted by molar-refractivity contribution is 7.16. The van der Waals surface area contributed by atoms with E-state index in [4.69, 9.17) is 23.2 Å². The zero-order valence-corrected chi connectivity index (χ0v) is 11.6. The van der Waals surface area contributed by atoms with Gasteiger partial charge in [0.25, 0.3) is 0 Å². The number of hydrogen-bond donors (Lipinski definition) is 1. The summed E-state index contributed by atoms with van der Waals surface area (Å²) in [6, 6.07) is 9.48. The van der Waals surface area contributed by atoms with Gasteiger partial charge in [-0.15, -0.1) is 11.3 Å². The summed E-state index contributed by atoms with van der Waals surface area (Å²) in [7, 11) is 0. The monoisotopic (exact) mass is 286 g/mol. The number of thiophene rings is 1. The van der Waals surface area contributed by atoms with Crippen LogP contribution in [0.5, 0.6) is 0 Å². The van der Waals surface area contributed by atoms with Gasteiger partial charge in [0.05, 0.1) is 10.4 Å². The first-order valence-electron chi connectivity index (χ1n) is 5.25. The second-order valence-corrected chi connectivity index (χ2v) is 6.01. The fraction of sp³-hybridized carbons (Fsp3) is 0.231. The highest BCUT2D eigenvalue weighted by Gasteiger charge is 2.14.